The highest BCUT2D eigenvalue weighted by Gasteiger charge is 2.23. The Morgan fingerprint density at radius 3 is 2.65 bits per heavy atom. The van der Waals surface area contributed by atoms with Crippen molar-refractivity contribution in [2.45, 2.75) is 19.4 Å². The molecule has 0 aliphatic carbocycles. The van der Waals surface area contributed by atoms with E-state index in [4.69, 9.17) is 4.74 Å². The number of hydrogen-bond donors (Lipinski definition) is 2. The molecule has 8 nitrogen and oxygen atoms in total. The number of benzene rings is 1. The molecule has 1 atom stereocenters. The van der Waals surface area contributed by atoms with Crippen molar-refractivity contribution in [2.75, 3.05) is 7.11 Å². The molecule has 1 amide bonds. The van der Waals surface area contributed by atoms with Gasteiger partial charge in [-0.2, -0.15) is 0 Å². The van der Waals surface area contributed by atoms with Crippen molar-refractivity contribution < 1.29 is 14.3 Å². The molecule has 2 aromatic heterocycles. The molecule has 2 N–H and O–H groups in total. The average molecular weight is 354 g/mol. The highest BCUT2D eigenvalue weighted by Crippen LogP contribution is 2.20. The molecular formula is C18H18N4O4. The second kappa shape index (κ2) is 7.22. The van der Waals surface area contributed by atoms with Gasteiger partial charge in [-0.3, -0.25) is 14.7 Å². The summed E-state index contributed by atoms with van der Waals surface area (Å²) in [6.07, 6.45) is 1.70. The van der Waals surface area contributed by atoms with Crippen LogP contribution in [0.25, 0.3) is 16.8 Å². The summed E-state index contributed by atoms with van der Waals surface area (Å²) in [5.74, 6) is -0.917. The molecule has 2 heterocycles. The molecule has 3 rings (SSSR count). The van der Waals surface area contributed by atoms with Crippen LogP contribution in [0.1, 0.15) is 12.6 Å². The van der Waals surface area contributed by atoms with E-state index in [2.05, 4.69) is 15.4 Å². The van der Waals surface area contributed by atoms with Crippen LogP contribution in [0.15, 0.2) is 47.4 Å². The standard InChI is InChI=1S/C18H18N4O4/c1-11(23)20-14(18(25)26-2)10-13-8-9-19-16-15(17(24)21-22(13)16)12-6-4-3-5-7-12/h3-9,14H,10H2,1-2H3,(H,20,23)(H,21,24)/t14-/m0/s1. The van der Waals surface area contributed by atoms with E-state index < -0.39 is 12.0 Å². The monoisotopic (exact) mass is 354 g/mol. The zero-order chi connectivity index (χ0) is 18.7. The minimum absolute atomic E-state index is 0.143. The van der Waals surface area contributed by atoms with Gasteiger partial charge in [-0.15, -0.1) is 0 Å². The Bertz CT molecular complexity index is 1010. The molecule has 0 bridgehead atoms. The van der Waals surface area contributed by atoms with E-state index in [1.807, 2.05) is 30.3 Å². The minimum atomic E-state index is -0.867. The van der Waals surface area contributed by atoms with Crippen LogP contribution in [0.3, 0.4) is 0 Å². The van der Waals surface area contributed by atoms with E-state index in [1.165, 1.54) is 18.5 Å². The normalized spacial score (nSPS) is 11.9. The molecule has 3 aromatic rings. The molecule has 0 spiro atoms. The number of methoxy groups -OCH3 is 1. The zero-order valence-corrected chi connectivity index (χ0v) is 14.4. The summed E-state index contributed by atoms with van der Waals surface area (Å²) < 4.78 is 6.28. The minimum Gasteiger partial charge on any atom is -0.467 e. The van der Waals surface area contributed by atoms with Gasteiger partial charge in [0, 0.05) is 25.2 Å². The van der Waals surface area contributed by atoms with E-state index in [0.717, 1.165) is 5.56 Å². The first-order valence-electron chi connectivity index (χ1n) is 8.00. The fourth-order valence-corrected chi connectivity index (χ4v) is 2.84. The summed E-state index contributed by atoms with van der Waals surface area (Å²) in [4.78, 5) is 40.1. The van der Waals surface area contributed by atoms with Gasteiger partial charge in [0.1, 0.15) is 6.04 Å². The molecule has 26 heavy (non-hydrogen) atoms. The van der Waals surface area contributed by atoms with Gasteiger partial charge in [0.05, 0.1) is 12.7 Å². The number of esters is 1. The average Bonchev–Trinajstić information content (AvgIpc) is 2.97. The SMILES string of the molecule is COC(=O)[C@H](Cc1ccnc2c(-c3ccccc3)c(=O)[nH]n12)NC(C)=O. The van der Waals surface area contributed by atoms with E-state index in [9.17, 15) is 14.4 Å². The van der Waals surface area contributed by atoms with Gasteiger partial charge in [-0.1, -0.05) is 30.3 Å². The number of H-pyrrole nitrogens is 1. The number of carbonyl (C=O) groups is 2. The second-order valence-electron chi connectivity index (χ2n) is 5.76. The first-order chi connectivity index (χ1) is 12.5. The van der Waals surface area contributed by atoms with Crippen LogP contribution in [0, 0.1) is 0 Å². The van der Waals surface area contributed by atoms with Crippen molar-refractivity contribution in [2.24, 2.45) is 0 Å². The van der Waals surface area contributed by atoms with Gasteiger partial charge in [-0.05, 0) is 11.6 Å². The van der Waals surface area contributed by atoms with Crippen LogP contribution in [0.2, 0.25) is 0 Å². The molecular weight excluding hydrogens is 336 g/mol. The van der Waals surface area contributed by atoms with Crippen LogP contribution in [-0.2, 0) is 20.7 Å². The summed E-state index contributed by atoms with van der Waals surface area (Å²) in [6, 6.07) is 10.0. The number of amides is 1. The van der Waals surface area contributed by atoms with Gasteiger partial charge in [0.15, 0.2) is 5.65 Å². The Morgan fingerprint density at radius 1 is 1.27 bits per heavy atom. The van der Waals surface area contributed by atoms with Gasteiger partial charge in [0.25, 0.3) is 5.56 Å². The summed E-state index contributed by atoms with van der Waals surface area (Å²) in [5, 5.41) is 5.30. The maximum Gasteiger partial charge on any atom is 0.328 e. The Morgan fingerprint density at radius 2 is 2.00 bits per heavy atom. The smallest absolute Gasteiger partial charge is 0.328 e. The highest BCUT2D eigenvalue weighted by atomic mass is 16.5. The number of fused-ring (bicyclic) bond motifs is 1. The van der Waals surface area contributed by atoms with Crippen LogP contribution in [0.4, 0.5) is 0 Å². The lowest BCUT2D eigenvalue weighted by molar-refractivity contribution is -0.144. The Kier molecular flexibility index (Phi) is 4.83. The molecule has 0 saturated carbocycles. The van der Waals surface area contributed by atoms with Gasteiger partial charge in [0.2, 0.25) is 5.91 Å². The molecule has 8 heteroatoms. The van der Waals surface area contributed by atoms with E-state index in [1.54, 1.807) is 12.3 Å². The van der Waals surface area contributed by atoms with Crippen LogP contribution in [0.5, 0.6) is 0 Å². The number of carbonyl (C=O) groups excluding carboxylic acids is 2. The van der Waals surface area contributed by atoms with Crippen LogP contribution >= 0.6 is 0 Å². The molecule has 0 radical (unpaired) electrons. The van der Waals surface area contributed by atoms with Crippen molar-refractivity contribution >= 4 is 17.5 Å². The first-order valence-corrected chi connectivity index (χ1v) is 8.00. The Labute approximate surface area is 148 Å². The van der Waals surface area contributed by atoms with Crippen molar-refractivity contribution in [1.82, 2.24) is 19.9 Å². The third kappa shape index (κ3) is 3.34. The lowest BCUT2D eigenvalue weighted by Gasteiger charge is -2.16. The number of hydrogen-bond acceptors (Lipinski definition) is 5. The summed E-state index contributed by atoms with van der Waals surface area (Å²) in [7, 11) is 1.25. The van der Waals surface area contributed by atoms with Crippen molar-refractivity contribution in [3.05, 3.63) is 58.6 Å². The Hall–Kier alpha value is -3.42. The fourth-order valence-electron chi connectivity index (χ4n) is 2.84. The third-order valence-corrected chi connectivity index (χ3v) is 3.97. The number of aromatic nitrogens is 3. The molecule has 0 saturated heterocycles. The first kappa shape index (κ1) is 17.4. The number of nitrogens with zero attached hydrogens (tertiary/aromatic N) is 2. The van der Waals surface area contributed by atoms with Crippen LogP contribution in [-0.4, -0.2) is 39.6 Å². The van der Waals surface area contributed by atoms with E-state index in [-0.39, 0.29) is 17.9 Å². The van der Waals surface area contributed by atoms with Gasteiger partial charge >= 0.3 is 5.97 Å². The molecule has 0 aliphatic heterocycles. The maximum atomic E-state index is 12.5. The Balaban J connectivity index is 2.07. The van der Waals surface area contributed by atoms with E-state index >= 15 is 0 Å². The fraction of sp³-hybridized carbons (Fsp3) is 0.222. The van der Waals surface area contributed by atoms with E-state index in [0.29, 0.717) is 16.9 Å². The molecule has 0 aliphatic rings. The lowest BCUT2D eigenvalue weighted by Crippen LogP contribution is -2.42. The molecule has 134 valence electrons. The van der Waals surface area contributed by atoms with Crippen LogP contribution < -0.4 is 10.9 Å². The predicted octanol–water partition coefficient (Wildman–Crippen LogP) is 0.910. The number of ether oxygens (including phenoxy) is 1. The van der Waals surface area contributed by atoms with Crippen molar-refractivity contribution in [3.63, 3.8) is 0 Å². The zero-order valence-electron chi connectivity index (χ0n) is 14.4. The quantitative estimate of drug-likeness (QED) is 0.663. The molecule has 0 fully saturated rings. The van der Waals surface area contributed by atoms with Crippen molar-refractivity contribution in [3.8, 4) is 11.1 Å². The van der Waals surface area contributed by atoms with Gasteiger partial charge < -0.3 is 10.1 Å². The summed E-state index contributed by atoms with van der Waals surface area (Å²) >= 11 is 0. The largest absolute Gasteiger partial charge is 0.467 e. The highest BCUT2D eigenvalue weighted by molar-refractivity contribution is 5.83. The lowest BCUT2D eigenvalue weighted by atomic mass is 10.1. The second-order valence-corrected chi connectivity index (χ2v) is 5.76. The number of rotatable bonds is 5. The topological polar surface area (TPSA) is 106 Å². The third-order valence-electron chi connectivity index (χ3n) is 3.97. The summed E-state index contributed by atoms with van der Waals surface area (Å²) in [5.41, 5.74) is 1.96. The number of aromatic amines is 1. The maximum absolute atomic E-state index is 12.5. The summed E-state index contributed by atoms with van der Waals surface area (Å²) in [6.45, 7) is 1.32. The predicted molar refractivity (Wildman–Crippen MR) is 94.6 cm³/mol. The van der Waals surface area contributed by atoms with Crippen molar-refractivity contribution in [1.29, 1.82) is 0 Å². The molecule has 0 unspecified atom stereocenters. The van der Waals surface area contributed by atoms with Gasteiger partial charge in [-0.25, -0.2) is 14.3 Å². The number of nitrogens with one attached hydrogen (secondary N) is 2. The molecule has 1 aromatic carbocycles.